The number of carboxylic acids is 1. The van der Waals surface area contributed by atoms with Crippen LogP contribution in [-0.4, -0.2) is 20.5 Å². The fourth-order valence-electron chi connectivity index (χ4n) is 2.86. The lowest BCUT2D eigenvalue weighted by molar-refractivity contribution is -0.136. The molecule has 23 heavy (non-hydrogen) atoms. The number of thiazole rings is 1. The monoisotopic (exact) mass is 322 g/mol. The van der Waals surface area contributed by atoms with Crippen molar-refractivity contribution in [3.63, 3.8) is 0 Å². The lowest BCUT2D eigenvalue weighted by atomic mass is 10.1. The van der Waals surface area contributed by atoms with Gasteiger partial charge in [0, 0.05) is 12.0 Å². The molecule has 114 valence electrons. The van der Waals surface area contributed by atoms with E-state index in [2.05, 4.69) is 16.5 Å². The summed E-state index contributed by atoms with van der Waals surface area (Å²) in [4.78, 5) is 16.7. The van der Waals surface area contributed by atoms with Crippen LogP contribution in [0.4, 0.5) is 0 Å². The first kappa shape index (κ1) is 14.0. The van der Waals surface area contributed by atoms with Gasteiger partial charge in [0.05, 0.1) is 28.0 Å². The predicted octanol–water partition coefficient (Wildman–Crippen LogP) is 4.23. The molecule has 0 aliphatic heterocycles. The van der Waals surface area contributed by atoms with Crippen LogP contribution in [0.1, 0.15) is 12.1 Å². The molecular weight excluding hydrogens is 308 g/mol. The van der Waals surface area contributed by atoms with E-state index in [1.807, 2.05) is 42.5 Å². The third kappa shape index (κ3) is 2.39. The predicted molar refractivity (Wildman–Crippen MR) is 92.0 cm³/mol. The number of aryl methyl sites for hydroxylation is 1. The molecule has 0 aliphatic carbocycles. The number of aliphatic carboxylic acids is 1. The Kier molecular flexibility index (Phi) is 3.35. The zero-order chi connectivity index (χ0) is 15.8. The number of hydrogen-bond acceptors (Lipinski definition) is 3. The van der Waals surface area contributed by atoms with Crippen molar-refractivity contribution in [2.45, 2.75) is 12.8 Å². The van der Waals surface area contributed by atoms with Gasteiger partial charge in [-0.05, 0) is 12.1 Å². The van der Waals surface area contributed by atoms with Gasteiger partial charge in [0.2, 0.25) is 0 Å². The van der Waals surface area contributed by atoms with Crippen molar-refractivity contribution < 1.29 is 9.90 Å². The summed E-state index contributed by atoms with van der Waals surface area (Å²) in [5.74, 6) is -0.793. The van der Waals surface area contributed by atoms with E-state index in [-0.39, 0.29) is 6.42 Å². The molecule has 0 saturated carbocycles. The second-order valence-electron chi connectivity index (χ2n) is 5.35. The van der Waals surface area contributed by atoms with Crippen molar-refractivity contribution in [1.82, 2.24) is 9.38 Å². The molecule has 0 radical (unpaired) electrons. The van der Waals surface area contributed by atoms with Crippen LogP contribution in [0.15, 0.2) is 54.6 Å². The molecule has 4 nitrogen and oxygen atoms in total. The molecule has 0 atom stereocenters. The molecule has 0 fully saturated rings. The Hall–Kier alpha value is -2.66. The van der Waals surface area contributed by atoms with Crippen LogP contribution < -0.4 is 0 Å². The van der Waals surface area contributed by atoms with E-state index in [9.17, 15) is 4.79 Å². The molecule has 4 aromatic rings. The average Bonchev–Trinajstić information content (AvgIpc) is 3.09. The highest BCUT2D eigenvalue weighted by atomic mass is 32.1. The Bertz CT molecular complexity index is 1000. The second kappa shape index (κ2) is 5.52. The molecule has 2 heterocycles. The van der Waals surface area contributed by atoms with Gasteiger partial charge in [0.15, 0.2) is 4.96 Å². The molecule has 0 amide bonds. The standard InChI is InChI=1S/C18H14N2O2S/c21-16(22)11-10-14-17(12-6-2-1-3-7-12)19-18-20(14)13-8-4-5-9-15(13)23-18/h1-9H,10-11H2,(H,21,22). The summed E-state index contributed by atoms with van der Waals surface area (Å²) >= 11 is 1.63. The molecule has 0 bridgehead atoms. The maximum absolute atomic E-state index is 11.1. The van der Waals surface area contributed by atoms with Crippen molar-refractivity contribution in [3.05, 3.63) is 60.3 Å². The molecule has 2 aromatic heterocycles. The summed E-state index contributed by atoms with van der Waals surface area (Å²) in [6.45, 7) is 0. The maximum atomic E-state index is 11.1. The summed E-state index contributed by atoms with van der Waals surface area (Å²) in [5, 5.41) is 9.08. The minimum atomic E-state index is -0.793. The zero-order valence-electron chi connectivity index (χ0n) is 12.3. The number of carboxylic acid groups (broad SMARTS) is 1. The number of nitrogens with zero attached hydrogens (tertiary/aromatic N) is 2. The largest absolute Gasteiger partial charge is 0.481 e. The van der Waals surface area contributed by atoms with Crippen LogP contribution in [0.3, 0.4) is 0 Å². The quantitative estimate of drug-likeness (QED) is 0.611. The van der Waals surface area contributed by atoms with Gasteiger partial charge in [-0.15, -0.1) is 0 Å². The number of benzene rings is 2. The van der Waals surface area contributed by atoms with Crippen LogP contribution >= 0.6 is 11.3 Å². The van der Waals surface area contributed by atoms with E-state index in [4.69, 9.17) is 10.1 Å². The molecule has 0 spiro atoms. The average molecular weight is 322 g/mol. The van der Waals surface area contributed by atoms with Gasteiger partial charge in [-0.25, -0.2) is 4.98 Å². The number of hydrogen-bond donors (Lipinski definition) is 1. The lowest BCUT2D eigenvalue weighted by Gasteiger charge is -2.04. The first-order valence-electron chi connectivity index (χ1n) is 7.40. The number of fused-ring (bicyclic) bond motifs is 3. The van der Waals surface area contributed by atoms with Crippen LogP contribution in [0.2, 0.25) is 0 Å². The van der Waals surface area contributed by atoms with Crippen molar-refractivity contribution >= 4 is 32.5 Å². The topological polar surface area (TPSA) is 54.6 Å². The summed E-state index contributed by atoms with van der Waals surface area (Å²) in [7, 11) is 0. The van der Waals surface area contributed by atoms with Crippen molar-refractivity contribution in [1.29, 1.82) is 0 Å². The van der Waals surface area contributed by atoms with Gasteiger partial charge < -0.3 is 5.11 Å². The third-order valence-electron chi connectivity index (χ3n) is 3.87. The molecule has 0 saturated heterocycles. The summed E-state index contributed by atoms with van der Waals surface area (Å²) in [5.41, 5.74) is 3.95. The highest BCUT2D eigenvalue weighted by Gasteiger charge is 2.18. The summed E-state index contributed by atoms with van der Waals surface area (Å²) in [6.07, 6.45) is 0.555. The molecule has 0 unspecified atom stereocenters. The zero-order valence-corrected chi connectivity index (χ0v) is 13.1. The SMILES string of the molecule is O=C(O)CCc1c(-c2ccccc2)nc2sc3ccccc3n12. The smallest absolute Gasteiger partial charge is 0.303 e. The van der Waals surface area contributed by atoms with E-state index >= 15 is 0 Å². The minimum absolute atomic E-state index is 0.0950. The summed E-state index contributed by atoms with van der Waals surface area (Å²) < 4.78 is 3.26. The first-order chi connectivity index (χ1) is 11.2. The van der Waals surface area contributed by atoms with E-state index in [0.717, 1.165) is 32.1 Å². The third-order valence-corrected chi connectivity index (χ3v) is 4.89. The number of rotatable bonds is 4. The number of carbonyl (C=O) groups is 1. The maximum Gasteiger partial charge on any atom is 0.303 e. The van der Waals surface area contributed by atoms with Crippen LogP contribution in [0.5, 0.6) is 0 Å². The number of para-hydroxylation sites is 1. The van der Waals surface area contributed by atoms with Gasteiger partial charge >= 0.3 is 5.97 Å². The van der Waals surface area contributed by atoms with Gasteiger partial charge in [0.1, 0.15) is 0 Å². The van der Waals surface area contributed by atoms with E-state index in [0.29, 0.717) is 6.42 Å². The van der Waals surface area contributed by atoms with Gasteiger partial charge in [0.25, 0.3) is 0 Å². The molecular formula is C18H14N2O2S. The number of aromatic nitrogens is 2. The van der Waals surface area contributed by atoms with Crippen molar-refractivity contribution in [3.8, 4) is 11.3 Å². The van der Waals surface area contributed by atoms with Crippen LogP contribution in [0, 0.1) is 0 Å². The highest BCUT2D eigenvalue weighted by molar-refractivity contribution is 7.23. The minimum Gasteiger partial charge on any atom is -0.481 e. The van der Waals surface area contributed by atoms with Crippen molar-refractivity contribution in [2.24, 2.45) is 0 Å². The van der Waals surface area contributed by atoms with E-state index < -0.39 is 5.97 Å². The van der Waals surface area contributed by atoms with E-state index in [1.54, 1.807) is 11.3 Å². The number of imidazole rings is 1. The van der Waals surface area contributed by atoms with Gasteiger partial charge in [-0.3, -0.25) is 9.20 Å². The fourth-order valence-corrected chi connectivity index (χ4v) is 3.90. The van der Waals surface area contributed by atoms with Crippen molar-refractivity contribution in [2.75, 3.05) is 0 Å². The van der Waals surface area contributed by atoms with Crippen LogP contribution in [0.25, 0.3) is 26.4 Å². The Morgan fingerprint density at radius 1 is 1.09 bits per heavy atom. The summed E-state index contributed by atoms with van der Waals surface area (Å²) in [6, 6.07) is 18.1. The highest BCUT2D eigenvalue weighted by Crippen LogP contribution is 2.33. The molecule has 5 heteroatoms. The molecule has 4 rings (SSSR count). The van der Waals surface area contributed by atoms with Gasteiger partial charge in [-0.2, -0.15) is 0 Å². The first-order valence-corrected chi connectivity index (χ1v) is 8.22. The fraction of sp³-hybridized carbons (Fsp3) is 0.111. The molecule has 1 N–H and O–H groups in total. The van der Waals surface area contributed by atoms with Crippen LogP contribution in [-0.2, 0) is 11.2 Å². The normalized spacial score (nSPS) is 11.3. The Balaban J connectivity index is 1.98. The Morgan fingerprint density at radius 2 is 1.83 bits per heavy atom. The van der Waals surface area contributed by atoms with Gasteiger partial charge in [-0.1, -0.05) is 53.8 Å². The second-order valence-corrected chi connectivity index (χ2v) is 6.36. The van der Waals surface area contributed by atoms with E-state index in [1.165, 1.54) is 0 Å². The molecule has 0 aliphatic rings. The molecule has 2 aromatic carbocycles. The Labute approximate surface area is 136 Å². The lowest BCUT2D eigenvalue weighted by Crippen LogP contribution is -2.01. The Morgan fingerprint density at radius 3 is 2.61 bits per heavy atom.